The molecule has 2 saturated carbocycles. The number of fused-ring (bicyclic) bond motifs is 3. The van der Waals surface area contributed by atoms with Crippen LogP contribution >= 0.6 is 0 Å². The summed E-state index contributed by atoms with van der Waals surface area (Å²) in [7, 11) is -4.06. The molecule has 2 aromatic rings. The lowest BCUT2D eigenvalue weighted by Crippen LogP contribution is -2.59. The molecule has 1 aromatic carbocycles. The molecule has 3 N–H and O–H groups in total. The Morgan fingerprint density at radius 3 is 2.44 bits per heavy atom. The van der Waals surface area contributed by atoms with Crippen LogP contribution in [0.15, 0.2) is 42.5 Å². The van der Waals surface area contributed by atoms with E-state index in [1.165, 1.54) is 4.90 Å². The van der Waals surface area contributed by atoms with Gasteiger partial charge in [0.2, 0.25) is 33.6 Å². The van der Waals surface area contributed by atoms with Crippen molar-refractivity contribution in [3.63, 3.8) is 0 Å². The molecule has 0 bridgehead atoms. The van der Waals surface area contributed by atoms with Crippen molar-refractivity contribution in [2.45, 2.75) is 146 Å². The number of hydrogen-bond donors (Lipinski definition) is 3. The number of ether oxygens (including phenoxy) is 3. The predicted octanol–water partition coefficient (Wildman–Crippen LogP) is 5.78. The first-order valence-corrected chi connectivity index (χ1v) is 21.9. The average molecular weight is 846 g/mol. The lowest BCUT2D eigenvalue weighted by atomic mass is 9.88. The van der Waals surface area contributed by atoms with Crippen LogP contribution in [0.25, 0.3) is 10.8 Å². The number of amides is 4. The highest BCUT2D eigenvalue weighted by atomic mass is 32.2. The first kappa shape index (κ1) is 44.0. The largest absolute Gasteiger partial charge is 0.475 e. The molecule has 2 aliphatic heterocycles. The molecule has 14 nitrogen and oxygen atoms in total. The average Bonchev–Trinajstić information content (AvgIpc) is 4.01. The Morgan fingerprint density at radius 2 is 1.78 bits per heavy atom. The Labute approximate surface area is 344 Å². The molecular weight excluding hydrogens is 789 g/mol. The van der Waals surface area contributed by atoms with E-state index in [1.54, 1.807) is 19.9 Å². The number of allylic oxidation sites excluding steroid dienone is 1. The summed E-state index contributed by atoms with van der Waals surface area (Å²) in [6, 6.07) is 6.54. The number of carbonyl (C=O) groups excluding carboxylic acids is 4. The van der Waals surface area contributed by atoms with Gasteiger partial charge in [0.05, 0.1) is 17.4 Å². The van der Waals surface area contributed by atoms with Crippen molar-refractivity contribution in [1.29, 1.82) is 0 Å². The first-order valence-electron chi connectivity index (χ1n) is 20.4. The summed E-state index contributed by atoms with van der Waals surface area (Å²) in [6.07, 6.45) is 3.97. The number of rotatable bonds is 10. The summed E-state index contributed by atoms with van der Waals surface area (Å²) in [5.74, 6) is -6.25. The van der Waals surface area contributed by atoms with E-state index in [2.05, 4.69) is 20.3 Å². The zero-order valence-corrected chi connectivity index (χ0v) is 35.8. The molecule has 2 aliphatic carbocycles. The second-order valence-corrected chi connectivity index (χ2v) is 20.2. The molecule has 6 rings (SSSR count). The number of alkyl carbamates (subject to hydrolysis) is 1. The van der Waals surface area contributed by atoms with E-state index < -0.39 is 85.7 Å². The number of carbonyl (C=O) groups is 4. The standard InChI is InChI=1S/C42H57F2N5O9S/c1-24(2)56-32-20-27-14-10-12-16-30(27)35(45-32)57-29-21-31-34(50)47-42(37(52)48-59(54,55)40(7)17-18-40)22-28(42)15-11-9-13-25(3)19-26(4)33(36(51)49(31)23-29)46-38(53)58-39(5,6)41(8,43)44/h10-12,14-16,20,24-26,28-29,31,33H,9,13,17-19,21-23H2,1-8H3,(H,46,53)(H,47,50)(H,48,52)/b15-11-/t25-,26+,28+,29+,31-,33?,42+/m0/s1. The maximum Gasteiger partial charge on any atom is 0.408 e. The summed E-state index contributed by atoms with van der Waals surface area (Å²) in [5, 5.41) is 6.83. The number of hydrogen-bond acceptors (Lipinski definition) is 10. The van der Waals surface area contributed by atoms with Gasteiger partial charge in [-0.3, -0.25) is 19.1 Å². The smallest absolute Gasteiger partial charge is 0.408 e. The molecule has 4 aliphatic rings. The molecule has 1 unspecified atom stereocenters. The SMILES string of the molecule is CC(C)Oc1cc2ccccc2c(O[C@@H]2C[C@H]3C(=O)N[C@]4(C(=O)NS(=O)(=O)C5(C)CC5)C[C@H]4/C=C\CC[C@H](C)C[C@@H](C)C(NC(=O)OC(C)(C)C(C)(F)F)C(=O)N3C2)n1. The van der Waals surface area contributed by atoms with Crippen LogP contribution in [0.4, 0.5) is 13.6 Å². The number of benzene rings is 1. The molecule has 1 aromatic heterocycles. The minimum Gasteiger partial charge on any atom is -0.475 e. The molecule has 4 amide bonds. The van der Waals surface area contributed by atoms with E-state index in [0.717, 1.165) is 19.2 Å². The Balaban J connectivity index is 1.37. The van der Waals surface area contributed by atoms with Crippen LogP contribution in [0.2, 0.25) is 0 Å². The van der Waals surface area contributed by atoms with Gasteiger partial charge in [-0.1, -0.05) is 44.2 Å². The normalized spacial score (nSPS) is 29.2. The van der Waals surface area contributed by atoms with Gasteiger partial charge in [0, 0.05) is 30.7 Å². The lowest BCUT2D eigenvalue weighted by Gasteiger charge is -2.35. The van der Waals surface area contributed by atoms with Gasteiger partial charge in [0.15, 0.2) is 5.60 Å². The van der Waals surface area contributed by atoms with E-state index in [4.69, 9.17) is 14.2 Å². The van der Waals surface area contributed by atoms with E-state index in [-0.39, 0.29) is 37.3 Å². The summed E-state index contributed by atoms with van der Waals surface area (Å²) >= 11 is 0. The Morgan fingerprint density at radius 1 is 1.08 bits per heavy atom. The van der Waals surface area contributed by atoms with Gasteiger partial charge in [-0.15, -0.1) is 0 Å². The van der Waals surface area contributed by atoms with Crippen molar-refractivity contribution >= 4 is 44.6 Å². The molecule has 3 heterocycles. The number of alkyl halides is 2. The fourth-order valence-electron chi connectivity index (χ4n) is 7.77. The highest BCUT2D eigenvalue weighted by Crippen LogP contribution is 2.48. The van der Waals surface area contributed by atoms with Crippen LogP contribution in [0.5, 0.6) is 11.8 Å². The van der Waals surface area contributed by atoms with Crippen LogP contribution in [-0.4, -0.2) is 94.8 Å². The molecule has 3 fully saturated rings. The zero-order chi connectivity index (χ0) is 43.3. The molecule has 0 radical (unpaired) electrons. The first-order chi connectivity index (χ1) is 27.4. The number of nitrogens with zero attached hydrogens (tertiary/aromatic N) is 2. The number of pyridine rings is 1. The van der Waals surface area contributed by atoms with Crippen molar-refractivity contribution < 1.29 is 50.6 Å². The van der Waals surface area contributed by atoms with Crippen molar-refractivity contribution in [1.82, 2.24) is 25.2 Å². The third-order valence-electron chi connectivity index (χ3n) is 12.2. The van der Waals surface area contributed by atoms with Gasteiger partial charge in [-0.05, 0) is 96.4 Å². The van der Waals surface area contributed by atoms with Crippen LogP contribution < -0.4 is 24.8 Å². The van der Waals surface area contributed by atoms with Crippen molar-refractivity contribution in [3.8, 4) is 11.8 Å². The topological polar surface area (TPSA) is 182 Å². The number of sulfonamides is 1. The Hall–Kier alpha value is -4.54. The molecule has 0 spiro atoms. The Kier molecular flexibility index (Phi) is 12.0. The highest BCUT2D eigenvalue weighted by molar-refractivity contribution is 7.91. The van der Waals surface area contributed by atoms with E-state index in [1.807, 2.05) is 57.2 Å². The molecule has 7 atom stereocenters. The monoisotopic (exact) mass is 845 g/mol. The quantitative estimate of drug-likeness (QED) is 0.248. The summed E-state index contributed by atoms with van der Waals surface area (Å²) in [4.78, 5) is 62.7. The van der Waals surface area contributed by atoms with Gasteiger partial charge in [-0.25, -0.2) is 22.0 Å². The van der Waals surface area contributed by atoms with Gasteiger partial charge >= 0.3 is 6.09 Å². The van der Waals surface area contributed by atoms with E-state index >= 15 is 0 Å². The maximum absolute atomic E-state index is 14.9. The van der Waals surface area contributed by atoms with Gasteiger partial charge in [0.25, 0.3) is 11.8 Å². The van der Waals surface area contributed by atoms with E-state index in [0.29, 0.717) is 50.3 Å². The minimum atomic E-state index is -4.06. The second-order valence-electron chi connectivity index (χ2n) is 18.0. The predicted molar refractivity (Wildman–Crippen MR) is 215 cm³/mol. The van der Waals surface area contributed by atoms with Gasteiger partial charge in [0.1, 0.15) is 23.7 Å². The Bertz CT molecular complexity index is 2100. The molecule has 17 heteroatoms. The van der Waals surface area contributed by atoms with Crippen LogP contribution in [0.3, 0.4) is 0 Å². The van der Waals surface area contributed by atoms with E-state index in [9.17, 15) is 36.4 Å². The van der Waals surface area contributed by atoms with Crippen molar-refractivity contribution in [2.24, 2.45) is 17.8 Å². The van der Waals surface area contributed by atoms with Crippen molar-refractivity contribution in [3.05, 3.63) is 42.5 Å². The molecule has 59 heavy (non-hydrogen) atoms. The fourth-order valence-corrected chi connectivity index (χ4v) is 9.08. The summed E-state index contributed by atoms with van der Waals surface area (Å²) in [5.41, 5.74) is -3.83. The van der Waals surface area contributed by atoms with Crippen LogP contribution in [-0.2, 0) is 29.1 Å². The van der Waals surface area contributed by atoms with Crippen molar-refractivity contribution in [2.75, 3.05) is 6.54 Å². The fraction of sp³-hybridized carbons (Fsp3) is 0.643. The zero-order valence-electron chi connectivity index (χ0n) is 35.0. The summed E-state index contributed by atoms with van der Waals surface area (Å²) in [6.45, 7) is 11.6. The van der Waals surface area contributed by atoms with Gasteiger partial charge < -0.3 is 29.7 Å². The minimum absolute atomic E-state index is 0.0194. The third-order valence-corrected chi connectivity index (χ3v) is 14.4. The summed E-state index contributed by atoms with van der Waals surface area (Å²) < 4.78 is 74.1. The highest BCUT2D eigenvalue weighted by Gasteiger charge is 2.63. The van der Waals surface area contributed by atoms with Crippen LogP contribution in [0, 0.1) is 17.8 Å². The number of nitrogens with one attached hydrogen (secondary N) is 3. The number of halogens is 2. The second kappa shape index (κ2) is 16.1. The maximum atomic E-state index is 14.9. The molecule has 324 valence electrons. The van der Waals surface area contributed by atoms with Crippen LogP contribution in [0.1, 0.15) is 100 Å². The van der Waals surface area contributed by atoms with Gasteiger partial charge in [-0.2, -0.15) is 4.98 Å². The lowest BCUT2D eigenvalue weighted by molar-refractivity contribution is -0.152. The molecule has 1 saturated heterocycles. The molecular formula is C42H57F2N5O9S. The third kappa shape index (κ3) is 9.44. The number of aromatic nitrogens is 1.